The SMILES string of the molecule is CC(C)c1cc(-c2ccco2)n(C(=CC=CC(=O)O)n2nc(C(C)C)cc2-c2ccco2)n1. The summed E-state index contributed by atoms with van der Waals surface area (Å²) in [7, 11) is 0. The van der Waals surface area contributed by atoms with E-state index in [2.05, 4.69) is 27.7 Å². The monoisotopic (exact) mass is 446 g/mol. The third-order valence-electron chi connectivity index (χ3n) is 5.10. The van der Waals surface area contributed by atoms with E-state index in [4.69, 9.17) is 24.1 Å². The van der Waals surface area contributed by atoms with Gasteiger partial charge in [-0.15, -0.1) is 0 Å². The molecule has 0 radical (unpaired) electrons. The van der Waals surface area contributed by atoms with Gasteiger partial charge in [-0.3, -0.25) is 0 Å². The third-order valence-corrected chi connectivity index (χ3v) is 5.10. The van der Waals surface area contributed by atoms with Gasteiger partial charge in [-0.05, 0) is 54.3 Å². The highest BCUT2D eigenvalue weighted by Crippen LogP contribution is 2.30. The molecule has 0 aliphatic rings. The van der Waals surface area contributed by atoms with Crippen LogP contribution in [0.1, 0.15) is 50.9 Å². The van der Waals surface area contributed by atoms with Crippen molar-refractivity contribution in [3.8, 4) is 22.9 Å². The largest absolute Gasteiger partial charge is 0.478 e. The zero-order valence-corrected chi connectivity index (χ0v) is 19.0. The van der Waals surface area contributed by atoms with Gasteiger partial charge in [-0.25, -0.2) is 14.2 Å². The lowest BCUT2D eigenvalue weighted by Gasteiger charge is -2.13. The Hall–Kier alpha value is -4.07. The van der Waals surface area contributed by atoms with Gasteiger partial charge in [0.05, 0.1) is 23.9 Å². The van der Waals surface area contributed by atoms with Crippen LogP contribution in [0.25, 0.3) is 22.9 Å². The van der Waals surface area contributed by atoms with Crippen LogP contribution in [0.4, 0.5) is 0 Å². The van der Waals surface area contributed by atoms with Crippen LogP contribution in [0, 0.1) is 5.82 Å². The van der Waals surface area contributed by atoms with Crippen molar-refractivity contribution in [1.82, 2.24) is 19.6 Å². The fraction of sp³-hybridized carbons (Fsp3) is 0.240. The molecule has 0 saturated heterocycles. The number of aliphatic carboxylic acids is 1. The molecule has 4 aromatic heterocycles. The zero-order chi connectivity index (χ0) is 23.5. The first-order chi connectivity index (χ1) is 15.8. The van der Waals surface area contributed by atoms with Crippen LogP contribution in [0.5, 0.6) is 0 Å². The van der Waals surface area contributed by atoms with E-state index in [1.54, 1.807) is 28.0 Å². The van der Waals surface area contributed by atoms with Gasteiger partial charge in [0.2, 0.25) is 0 Å². The quantitative estimate of drug-likeness (QED) is 0.277. The normalized spacial score (nSPS) is 11.7. The predicted molar refractivity (Wildman–Crippen MR) is 123 cm³/mol. The summed E-state index contributed by atoms with van der Waals surface area (Å²) in [5.74, 6) is 1.10. The van der Waals surface area contributed by atoms with Gasteiger partial charge in [0.1, 0.15) is 11.4 Å². The number of carbonyl (C=O) groups is 1. The van der Waals surface area contributed by atoms with Crippen LogP contribution in [-0.2, 0) is 4.79 Å². The molecule has 33 heavy (non-hydrogen) atoms. The summed E-state index contributed by atoms with van der Waals surface area (Å²) in [4.78, 5) is 11.2. The second-order valence-electron chi connectivity index (χ2n) is 8.22. The summed E-state index contributed by atoms with van der Waals surface area (Å²) in [5, 5.41) is 18.8. The van der Waals surface area contributed by atoms with Crippen LogP contribution >= 0.6 is 0 Å². The summed E-state index contributed by atoms with van der Waals surface area (Å²) < 4.78 is 14.8. The first-order valence-corrected chi connectivity index (χ1v) is 10.7. The molecular weight excluding hydrogens is 420 g/mol. The van der Waals surface area contributed by atoms with Crippen LogP contribution < -0.4 is 0 Å². The van der Waals surface area contributed by atoms with Gasteiger partial charge in [0, 0.05) is 6.08 Å². The molecule has 4 rings (SSSR count). The van der Waals surface area contributed by atoms with Crippen LogP contribution in [0.15, 0.2) is 76.0 Å². The Labute approximate surface area is 191 Å². The predicted octanol–water partition coefficient (Wildman–Crippen LogP) is 5.65. The van der Waals surface area contributed by atoms with E-state index < -0.39 is 5.97 Å². The summed E-state index contributed by atoms with van der Waals surface area (Å²) in [6, 6.07) is 11.3. The van der Waals surface area contributed by atoms with Gasteiger partial charge >= 0.3 is 5.97 Å². The number of aromatic nitrogens is 4. The minimum atomic E-state index is -1.05. The standard InChI is InChI=1S/C25H26N4O4/c1-16(2)18-14-20(22-8-6-12-32-22)28(26-18)24(10-5-11-25(30)31)29-21(23-9-7-13-33-23)15-19(27-29)17(3)4/h5-17H,1-4H3,(H,30,31). The summed E-state index contributed by atoms with van der Waals surface area (Å²) in [6.45, 7) is 8.24. The van der Waals surface area contributed by atoms with Crippen molar-refractivity contribution >= 4 is 5.97 Å². The molecule has 0 unspecified atom stereocenters. The van der Waals surface area contributed by atoms with E-state index in [9.17, 15) is 4.79 Å². The summed E-state index contributed by atoms with van der Waals surface area (Å²) in [5.41, 5.74) is 3.19. The molecular formula is C25H26N4O4. The molecule has 0 amide bonds. The number of rotatable bonds is 8. The molecule has 8 nitrogen and oxygen atoms in total. The smallest absolute Gasteiger partial charge is 0.328 e. The van der Waals surface area contributed by atoms with Gasteiger partial charge in [0.25, 0.3) is 0 Å². The van der Waals surface area contributed by atoms with Gasteiger partial charge in [-0.1, -0.05) is 33.8 Å². The van der Waals surface area contributed by atoms with Crippen molar-refractivity contribution in [2.75, 3.05) is 0 Å². The number of carboxylic acids is 1. The van der Waals surface area contributed by atoms with Gasteiger partial charge in [0.15, 0.2) is 17.3 Å². The van der Waals surface area contributed by atoms with E-state index in [1.165, 1.54) is 6.08 Å². The maximum Gasteiger partial charge on any atom is 0.328 e. The van der Waals surface area contributed by atoms with Crippen LogP contribution in [0.2, 0.25) is 0 Å². The highest BCUT2D eigenvalue weighted by atomic mass is 16.4. The Kier molecular flexibility index (Phi) is 6.17. The van der Waals surface area contributed by atoms with Gasteiger partial charge in [-0.2, -0.15) is 10.2 Å². The number of allylic oxidation sites excluding steroid dienone is 2. The van der Waals surface area contributed by atoms with Crippen molar-refractivity contribution in [3.05, 3.63) is 84.4 Å². The Bertz CT molecular complexity index is 1200. The van der Waals surface area contributed by atoms with Crippen molar-refractivity contribution in [1.29, 1.82) is 0 Å². The molecule has 170 valence electrons. The molecule has 0 spiro atoms. The number of furan rings is 2. The highest BCUT2D eigenvalue weighted by Gasteiger charge is 2.23. The average Bonchev–Trinajstić information content (AvgIpc) is 3.55. The third kappa shape index (κ3) is 4.59. The fourth-order valence-electron chi connectivity index (χ4n) is 3.36. The Balaban J connectivity index is 1.99. The lowest BCUT2D eigenvalue weighted by Crippen LogP contribution is -2.17. The molecule has 0 fully saturated rings. The molecule has 4 aromatic rings. The number of hydrogen-bond acceptors (Lipinski definition) is 5. The molecule has 0 aliphatic carbocycles. The lowest BCUT2D eigenvalue weighted by molar-refractivity contribution is -0.131. The minimum Gasteiger partial charge on any atom is -0.478 e. The van der Waals surface area contributed by atoms with E-state index in [0.717, 1.165) is 28.9 Å². The topological polar surface area (TPSA) is 99.2 Å². The van der Waals surface area contributed by atoms with Crippen molar-refractivity contribution in [3.63, 3.8) is 0 Å². The van der Waals surface area contributed by atoms with E-state index in [1.807, 2.05) is 36.4 Å². The van der Waals surface area contributed by atoms with E-state index in [0.29, 0.717) is 17.3 Å². The van der Waals surface area contributed by atoms with E-state index >= 15 is 0 Å². The Morgan fingerprint density at radius 1 is 0.909 bits per heavy atom. The minimum absolute atomic E-state index is 0.171. The second kappa shape index (κ2) is 9.20. The van der Waals surface area contributed by atoms with Crippen LogP contribution in [0.3, 0.4) is 0 Å². The average molecular weight is 447 g/mol. The van der Waals surface area contributed by atoms with Gasteiger partial charge < -0.3 is 13.9 Å². The molecule has 1 N–H and O–H groups in total. The fourth-order valence-corrected chi connectivity index (χ4v) is 3.36. The first kappa shape index (κ1) is 22.1. The second-order valence-corrected chi connectivity index (χ2v) is 8.22. The molecule has 0 saturated carbocycles. The summed E-state index contributed by atoms with van der Waals surface area (Å²) in [6.07, 6.45) is 7.41. The summed E-state index contributed by atoms with van der Waals surface area (Å²) >= 11 is 0. The molecule has 8 heteroatoms. The Morgan fingerprint density at radius 3 is 1.76 bits per heavy atom. The van der Waals surface area contributed by atoms with Crippen molar-refractivity contribution in [2.45, 2.75) is 39.5 Å². The molecule has 0 atom stereocenters. The highest BCUT2D eigenvalue weighted by molar-refractivity contribution is 5.80. The lowest BCUT2D eigenvalue weighted by atomic mass is 10.1. The molecule has 4 heterocycles. The zero-order valence-electron chi connectivity index (χ0n) is 19.0. The molecule has 0 aliphatic heterocycles. The number of hydrogen-bond donors (Lipinski definition) is 1. The maximum atomic E-state index is 11.2. The Morgan fingerprint density at radius 2 is 1.39 bits per heavy atom. The van der Waals surface area contributed by atoms with E-state index in [-0.39, 0.29) is 11.8 Å². The van der Waals surface area contributed by atoms with Crippen molar-refractivity contribution < 1.29 is 18.7 Å². The van der Waals surface area contributed by atoms with Crippen molar-refractivity contribution in [2.24, 2.45) is 0 Å². The number of nitrogens with zero attached hydrogens (tertiary/aromatic N) is 4. The molecule has 0 aromatic carbocycles. The molecule has 0 bridgehead atoms. The number of carboxylic acid groups (broad SMARTS) is 1. The van der Waals surface area contributed by atoms with Crippen LogP contribution in [-0.4, -0.2) is 30.6 Å². The first-order valence-electron chi connectivity index (χ1n) is 10.7. The maximum absolute atomic E-state index is 11.2.